The second-order valence-electron chi connectivity index (χ2n) is 6.29. The van der Waals surface area contributed by atoms with E-state index in [0.29, 0.717) is 13.1 Å². The Morgan fingerprint density at radius 2 is 1.92 bits per heavy atom. The van der Waals surface area contributed by atoms with E-state index in [1.165, 1.54) is 17.9 Å². The lowest BCUT2D eigenvalue weighted by molar-refractivity contribution is -0.129. The van der Waals surface area contributed by atoms with Crippen LogP contribution >= 0.6 is 0 Å². The molecule has 0 radical (unpaired) electrons. The average Bonchev–Trinajstić information content (AvgIpc) is 3.14. The van der Waals surface area contributed by atoms with Gasteiger partial charge in [0.25, 0.3) is 5.91 Å². The van der Waals surface area contributed by atoms with E-state index in [4.69, 9.17) is 0 Å². The number of likely N-dealkylation sites (tertiary alicyclic amines) is 1. The maximum Gasteiger partial charge on any atom is 0.290 e. The van der Waals surface area contributed by atoms with Crippen LogP contribution in [0, 0.1) is 5.82 Å². The zero-order valence-electron chi connectivity index (χ0n) is 13.7. The molecule has 2 aliphatic rings. The van der Waals surface area contributed by atoms with E-state index in [-0.39, 0.29) is 11.1 Å². The van der Waals surface area contributed by atoms with Crippen molar-refractivity contribution < 1.29 is 19.1 Å². The molecule has 0 aromatic heterocycles. The van der Waals surface area contributed by atoms with Crippen LogP contribution in [0.3, 0.4) is 0 Å². The molecule has 1 fully saturated rings. The summed E-state index contributed by atoms with van der Waals surface area (Å²) < 4.78 is 14.3. The van der Waals surface area contributed by atoms with Crippen LogP contribution in [0.1, 0.15) is 31.4 Å². The Labute approximate surface area is 140 Å². The fourth-order valence-corrected chi connectivity index (χ4v) is 3.52. The van der Waals surface area contributed by atoms with Gasteiger partial charge in [0.05, 0.1) is 11.6 Å². The van der Waals surface area contributed by atoms with Crippen molar-refractivity contribution in [2.45, 2.75) is 25.8 Å². The summed E-state index contributed by atoms with van der Waals surface area (Å²) in [4.78, 5) is 28.1. The van der Waals surface area contributed by atoms with E-state index in [9.17, 15) is 19.1 Å². The van der Waals surface area contributed by atoms with Gasteiger partial charge in [-0.15, -0.1) is 0 Å². The van der Waals surface area contributed by atoms with Gasteiger partial charge in [-0.3, -0.25) is 9.59 Å². The number of halogens is 1. The number of Topliss-reactive ketones (excluding diaryl/α,β-unsaturated/α-hetero) is 1. The Bertz CT molecular complexity index is 695. The summed E-state index contributed by atoms with van der Waals surface area (Å²) in [6.45, 7) is 4.24. The number of nitrogens with zero attached hydrogens (tertiary/aromatic N) is 2. The van der Waals surface area contributed by atoms with E-state index in [1.807, 2.05) is 0 Å². The minimum atomic E-state index is -0.862. The molecule has 1 aromatic rings. The number of aliphatic hydroxyl groups excluding tert-OH is 1. The third kappa shape index (κ3) is 2.94. The van der Waals surface area contributed by atoms with E-state index in [1.54, 1.807) is 18.2 Å². The van der Waals surface area contributed by atoms with Crippen LogP contribution in [-0.4, -0.2) is 52.8 Å². The number of hydrogen-bond acceptors (Lipinski definition) is 4. The number of ketones is 1. The van der Waals surface area contributed by atoms with Gasteiger partial charge in [-0.05, 0) is 38.9 Å². The smallest absolute Gasteiger partial charge is 0.290 e. The van der Waals surface area contributed by atoms with E-state index < -0.39 is 29.3 Å². The lowest BCUT2D eigenvalue weighted by Gasteiger charge is -2.28. The first-order chi connectivity index (χ1) is 11.5. The van der Waals surface area contributed by atoms with Crippen LogP contribution in [0.15, 0.2) is 35.6 Å². The fourth-order valence-electron chi connectivity index (χ4n) is 3.52. The molecule has 3 rings (SSSR count). The summed E-state index contributed by atoms with van der Waals surface area (Å²) in [5, 5.41) is 10.1. The van der Waals surface area contributed by atoms with Crippen molar-refractivity contribution in [1.82, 2.24) is 9.80 Å². The molecule has 1 amide bonds. The highest BCUT2D eigenvalue weighted by Crippen LogP contribution is 2.38. The first-order valence-corrected chi connectivity index (χ1v) is 8.22. The summed E-state index contributed by atoms with van der Waals surface area (Å²) >= 11 is 0. The van der Waals surface area contributed by atoms with Crippen LogP contribution in [0.25, 0.3) is 0 Å². The molecule has 1 aromatic carbocycles. The number of benzene rings is 1. The van der Waals surface area contributed by atoms with Gasteiger partial charge in [0.1, 0.15) is 5.82 Å². The van der Waals surface area contributed by atoms with Crippen LogP contribution in [-0.2, 0) is 9.59 Å². The van der Waals surface area contributed by atoms with Crippen LogP contribution in [0.4, 0.5) is 4.39 Å². The quantitative estimate of drug-likeness (QED) is 0.898. The van der Waals surface area contributed by atoms with Gasteiger partial charge in [-0.1, -0.05) is 18.2 Å². The zero-order valence-corrected chi connectivity index (χ0v) is 13.7. The number of rotatable bonds is 5. The van der Waals surface area contributed by atoms with Gasteiger partial charge in [0.2, 0.25) is 0 Å². The summed E-state index contributed by atoms with van der Waals surface area (Å²) in [6, 6.07) is 5.21. The summed E-state index contributed by atoms with van der Waals surface area (Å²) in [5.41, 5.74) is 0.216. The molecule has 0 bridgehead atoms. The molecule has 1 atom stereocenters. The van der Waals surface area contributed by atoms with Gasteiger partial charge in [0.15, 0.2) is 11.5 Å². The Morgan fingerprint density at radius 3 is 2.54 bits per heavy atom. The van der Waals surface area contributed by atoms with Gasteiger partial charge in [-0.25, -0.2) is 4.39 Å². The van der Waals surface area contributed by atoms with Gasteiger partial charge in [0, 0.05) is 18.7 Å². The number of carbonyl (C=O) groups excluding carboxylic acids is 2. The fraction of sp³-hybridized carbons (Fsp3) is 0.444. The van der Waals surface area contributed by atoms with Crippen molar-refractivity contribution in [3.8, 4) is 0 Å². The zero-order chi connectivity index (χ0) is 17.3. The Hall–Kier alpha value is -2.21. The highest BCUT2D eigenvalue weighted by atomic mass is 19.1. The molecule has 1 unspecified atom stereocenters. The summed E-state index contributed by atoms with van der Waals surface area (Å²) in [5.74, 6) is -2.07. The van der Waals surface area contributed by atoms with E-state index >= 15 is 0 Å². The highest BCUT2D eigenvalue weighted by molar-refractivity contribution is 6.08. The minimum Gasteiger partial charge on any atom is -0.503 e. The van der Waals surface area contributed by atoms with E-state index in [2.05, 4.69) is 4.90 Å². The monoisotopic (exact) mass is 332 g/mol. The third-order valence-electron chi connectivity index (χ3n) is 4.74. The van der Waals surface area contributed by atoms with Crippen LogP contribution in [0.5, 0.6) is 0 Å². The number of aliphatic hydroxyl groups is 1. The standard InChI is InChI=1S/C18H21FN2O3/c1-12(22)15-16(13-6-2-3-7-14(13)19)21(18(24)17(15)23)11-10-20-8-4-5-9-20/h2-3,6-7,16,23H,4-5,8-11H2,1H3. The second-order valence-corrected chi connectivity index (χ2v) is 6.29. The molecule has 5 nitrogen and oxygen atoms in total. The Morgan fingerprint density at radius 1 is 1.25 bits per heavy atom. The predicted octanol–water partition coefficient (Wildman–Crippen LogP) is 2.21. The molecule has 1 saturated heterocycles. The largest absolute Gasteiger partial charge is 0.503 e. The lowest BCUT2D eigenvalue weighted by atomic mass is 9.96. The normalized spacial score (nSPS) is 21.8. The molecule has 2 heterocycles. The first kappa shape index (κ1) is 16.6. The molecule has 128 valence electrons. The SMILES string of the molecule is CC(=O)C1=C(O)C(=O)N(CCN2CCCC2)C1c1ccccc1F. The highest BCUT2D eigenvalue weighted by Gasteiger charge is 2.43. The van der Waals surface area contributed by atoms with Gasteiger partial charge < -0.3 is 14.9 Å². The van der Waals surface area contributed by atoms with Crippen molar-refractivity contribution in [1.29, 1.82) is 0 Å². The number of hydrogen-bond donors (Lipinski definition) is 1. The molecule has 0 spiro atoms. The maximum atomic E-state index is 14.3. The van der Waals surface area contributed by atoms with E-state index in [0.717, 1.165) is 25.9 Å². The van der Waals surface area contributed by atoms with Crippen LogP contribution in [0.2, 0.25) is 0 Å². The molecule has 24 heavy (non-hydrogen) atoms. The van der Waals surface area contributed by atoms with Crippen molar-refractivity contribution in [2.75, 3.05) is 26.2 Å². The minimum absolute atomic E-state index is 0.0217. The van der Waals surface area contributed by atoms with Crippen molar-refractivity contribution in [2.24, 2.45) is 0 Å². The molecular formula is C18H21FN2O3. The third-order valence-corrected chi connectivity index (χ3v) is 4.74. The maximum absolute atomic E-state index is 14.3. The van der Waals surface area contributed by atoms with Gasteiger partial charge >= 0.3 is 0 Å². The molecule has 6 heteroatoms. The lowest BCUT2D eigenvalue weighted by Crippen LogP contribution is -2.38. The van der Waals surface area contributed by atoms with Crippen LogP contribution < -0.4 is 0 Å². The predicted molar refractivity (Wildman–Crippen MR) is 86.9 cm³/mol. The molecule has 0 aliphatic carbocycles. The van der Waals surface area contributed by atoms with Crippen molar-refractivity contribution in [3.63, 3.8) is 0 Å². The first-order valence-electron chi connectivity index (χ1n) is 8.22. The molecular weight excluding hydrogens is 311 g/mol. The molecule has 1 N–H and O–H groups in total. The van der Waals surface area contributed by atoms with Gasteiger partial charge in [-0.2, -0.15) is 0 Å². The summed E-state index contributed by atoms with van der Waals surface area (Å²) in [6.07, 6.45) is 2.26. The topological polar surface area (TPSA) is 60.9 Å². The number of amides is 1. The molecule has 0 saturated carbocycles. The summed E-state index contributed by atoms with van der Waals surface area (Å²) in [7, 11) is 0. The Kier molecular flexibility index (Phi) is 4.66. The van der Waals surface area contributed by atoms with Crippen molar-refractivity contribution >= 4 is 11.7 Å². The second kappa shape index (κ2) is 6.73. The van der Waals surface area contributed by atoms with Crippen molar-refractivity contribution in [3.05, 3.63) is 47.0 Å². The number of carbonyl (C=O) groups is 2. The average molecular weight is 332 g/mol. The molecule has 2 aliphatic heterocycles. The Balaban J connectivity index is 1.92.